The van der Waals surface area contributed by atoms with E-state index in [1.165, 1.54) is 0 Å². The van der Waals surface area contributed by atoms with E-state index in [4.69, 9.17) is 9.47 Å². The molecule has 0 aromatic heterocycles. The van der Waals surface area contributed by atoms with Gasteiger partial charge in [0.15, 0.2) is 0 Å². The molecule has 2 atom stereocenters. The molecule has 3 saturated heterocycles. The Morgan fingerprint density at radius 1 is 1.19 bits per heavy atom. The van der Waals surface area contributed by atoms with Gasteiger partial charge in [-0.1, -0.05) is 0 Å². The molecular weight excluding hydrogens is 268 g/mol. The fraction of sp³-hybridized carbons (Fsp3) is 0.938. The number of hydrogen-bond acceptors (Lipinski definition) is 4. The molecule has 3 rings (SSSR count). The normalized spacial score (nSPS) is 32.8. The molecule has 1 spiro atoms. The molecule has 3 fully saturated rings. The third-order valence-electron chi connectivity index (χ3n) is 5.46. The molecule has 3 heterocycles. The van der Waals surface area contributed by atoms with Crippen molar-refractivity contribution in [2.45, 2.75) is 43.7 Å². The maximum atomic E-state index is 12.4. The van der Waals surface area contributed by atoms with Crippen molar-refractivity contribution >= 4 is 5.91 Å². The van der Waals surface area contributed by atoms with Crippen LogP contribution in [0.4, 0.5) is 0 Å². The maximum absolute atomic E-state index is 12.4. The second-order valence-electron chi connectivity index (χ2n) is 7.03. The Hall–Kier alpha value is -0.650. The van der Waals surface area contributed by atoms with E-state index >= 15 is 0 Å². The summed E-state index contributed by atoms with van der Waals surface area (Å²) in [4.78, 5) is 16.8. The van der Waals surface area contributed by atoms with Crippen LogP contribution in [0.15, 0.2) is 0 Å². The molecule has 0 bridgehead atoms. The van der Waals surface area contributed by atoms with Crippen LogP contribution < -0.4 is 0 Å². The average Bonchev–Trinajstić information content (AvgIpc) is 3.02. The molecule has 5 heteroatoms. The molecule has 120 valence electrons. The zero-order chi connectivity index (χ0) is 14.9. The molecule has 3 aliphatic rings. The van der Waals surface area contributed by atoms with Crippen LogP contribution in [-0.2, 0) is 14.3 Å². The van der Waals surface area contributed by atoms with Crippen molar-refractivity contribution in [3.05, 3.63) is 0 Å². The molecule has 0 saturated carbocycles. The van der Waals surface area contributed by atoms with E-state index in [0.717, 1.165) is 58.4 Å². The van der Waals surface area contributed by atoms with Gasteiger partial charge in [-0.3, -0.25) is 4.79 Å². The molecule has 0 unspecified atom stereocenters. The molecule has 0 N–H and O–H groups in total. The van der Waals surface area contributed by atoms with Crippen LogP contribution in [0.3, 0.4) is 0 Å². The van der Waals surface area contributed by atoms with Gasteiger partial charge in [-0.15, -0.1) is 0 Å². The van der Waals surface area contributed by atoms with Crippen LogP contribution in [0.25, 0.3) is 0 Å². The first-order valence-corrected chi connectivity index (χ1v) is 8.27. The lowest BCUT2D eigenvalue weighted by Crippen LogP contribution is -2.54. The topological polar surface area (TPSA) is 42.0 Å². The van der Waals surface area contributed by atoms with Crippen molar-refractivity contribution in [1.29, 1.82) is 0 Å². The molecular formula is C16H28N2O3. The summed E-state index contributed by atoms with van der Waals surface area (Å²) in [5.41, 5.74) is 0.0101. The van der Waals surface area contributed by atoms with Crippen LogP contribution in [0.1, 0.15) is 32.1 Å². The van der Waals surface area contributed by atoms with Gasteiger partial charge < -0.3 is 19.3 Å². The minimum absolute atomic E-state index is 0.0101. The smallest absolute Gasteiger partial charge is 0.228 e. The fourth-order valence-electron chi connectivity index (χ4n) is 3.91. The third kappa shape index (κ3) is 3.25. The Kier molecular flexibility index (Phi) is 4.52. The Morgan fingerprint density at radius 2 is 1.95 bits per heavy atom. The lowest BCUT2D eigenvalue weighted by molar-refractivity contribution is -0.150. The van der Waals surface area contributed by atoms with Crippen molar-refractivity contribution < 1.29 is 14.3 Å². The summed E-state index contributed by atoms with van der Waals surface area (Å²) in [6.45, 7) is 3.89. The van der Waals surface area contributed by atoms with Crippen LogP contribution in [0.5, 0.6) is 0 Å². The SMILES string of the molecule is CN(C)[C@H]1CCOC2(CCN(C(=O)[C@H]3CCOC3)CC2)C1. The van der Waals surface area contributed by atoms with Crippen molar-refractivity contribution in [3.63, 3.8) is 0 Å². The van der Waals surface area contributed by atoms with Crippen molar-refractivity contribution in [3.8, 4) is 0 Å². The quantitative estimate of drug-likeness (QED) is 0.766. The van der Waals surface area contributed by atoms with Gasteiger partial charge in [0.2, 0.25) is 5.91 Å². The van der Waals surface area contributed by atoms with E-state index in [2.05, 4.69) is 19.0 Å². The largest absolute Gasteiger partial charge is 0.381 e. The molecule has 0 radical (unpaired) electrons. The second-order valence-corrected chi connectivity index (χ2v) is 7.03. The summed E-state index contributed by atoms with van der Waals surface area (Å²) < 4.78 is 11.5. The second kappa shape index (κ2) is 6.23. The van der Waals surface area contributed by atoms with Gasteiger partial charge in [0.1, 0.15) is 0 Å². The summed E-state index contributed by atoms with van der Waals surface area (Å²) in [5.74, 6) is 0.392. The molecule has 0 aromatic carbocycles. The van der Waals surface area contributed by atoms with Gasteiger partial charge >= 0.3 is 0 Å². The predicted molar refractivity (Wildman–Crippen MR) is 80.1 cm³/mol. The fourth-order valence-corrected chi connectivity index (χ4v) is 3.91. The maximum Gasteiger partial charge on any atom is 0.228 e. The van der Waals surface area contributed by atoms with Crippen LogP contribution in [-0.4, -0.2) is 74.4 Å². The average molecular weight is 296 g/mol. The first-order valence-electron chi connectivity index (χ1n) is 8.27. The highest BCUT2D eigenvalue weighted by Crippen LogP contribution is 2.36. The zero-order valence-electron chi connectivity index (χ0n) is 13.3. The van der Waals surface area contributed by atoms with Gasteiger partial charge in [0.05, 0.1) is 18.1 Å². The minimum Gasteiger partial charge on any atom is -0.381 e. The van der Waals surface area contributed by atoms with E-state index in [1.54, 1.807) is 0 Å². The molecule has 0 aromatic rings. The van der Waals surface area contributed by atoms with Gasteiger partial charge in [-0.2, -0.15) is 0 Å². The number of ether oxygens (including phenoxy) is 2. The van der Waals surface area contributed by atoms with Gasteiger partial charge in [0.25, 0.3) is 0 Å². The highest BCUT2D eigenvalue weighted by Gasteiger charge is 2.42. The number of amides is 1. The Balaban J connectivity index is 1.55. The molecule has 0 aliphatic carbocycles. The number of carbonyl (C=O) groups is 1. The van der Waals surface area contributed by atoms with Crippen LogP contribution >= 0.6 is 0 Å². The number of piperidine rings is 1. The minimum atomic E-state index is 0.0101. The number of rotatable bonds is 2. The monoisotopic (exact) mass is 296 g/mol. The summed E-state index contributed by atoms with van der Waals surface area (Å²) in [7, 11) is 4.31. The van der Waals surface area contributed by atoms with Gasteiger partial charge in [-0.05, 0) is 46.2 Å². The Labute approximate surface area is 127 Å². The lowest BCUT2D eigenvalue weighted by atomic mass is 9.81. The standard InChI is InChI=1S/C16H28N2O3/c1-17(2)14-4-10-21-16(11-14)5-7-18(8-6-16)15(19)13-3-9-20-12-13/h13-14H,3-12H2,1-2H3/t13-,14-/m0/s1. The van der Waals surface area contributed by atoms with E-state index in [-0.39, 0.29) is 11.5 Å². The molecule has 5 nitrogen and oxygen atoms in total. The van der Waals surface area contributed by atoms with Gasteiger partial charge in [-0.25, -0.2) is 0 Å². The lowest BCUT2D eigenvalue weighted by Gasteiger charge is -2.47. The highest BCUT2D eigenvalue weighted by molar-refractivity contribution is 5.79. The van der Waals surface area contributed by atoms with E-state index in [9.17, 15) is 4.79 Å². The first kappa shape index (κ1) is 15.3. The van der Waals surface area contributed by atoms with E-state index in [1.807, 2.05) is 4.90 Å². The Bertz CT molecular complexity index is 372. The zero-order valence-corrected chi connectivity index (χ0v) is 13.3. The number of nitrogens with zero attached hydrogens (tertiary/aromatic N) is 2. The van der Waals surface area contributed by atoms with E-state index in [0.29, 0.717) is 18.6 Å². The van der Waals surface area contributed by atoms with Gasteiger partial charge in [0, 0.05) is 32.3 Å². The highest BCUT2D eigenvalue weighted by atomic mass is 16.5. The molecule has 1 amide bonds. The molecule has 21 heavy (non-hydrogen) atoms. The summed E-state index contributed by atoms with van der Waals surface area (Å²) in [6, 6.07) is 0.615. The Morgan fingerprint density at radius 3 is 2.57 bits per heavy atom. The summed E-state index contributed by atoms with van der Waals surface area (Å²) >= 11 is 0. The van der Waals surface area contributed by atoms with Crippen molar-refractivity contribution in [1.82, 2.24) is 9.80 Å². The number of hydrogen-bond donors (Lipinski definition) is 0. The summed E-state index contributed by atoms with van der Waals surface area (Å²) in [6.07, 6.45) is 5.08. The molecule has 3 aliphatic heterocycles. The van der Waals surface area contributed by atoms with Crippen molar-refractivity contribution in [2.75, 3.05) is 47.0 Å². The van der Waals surface area contributed by atoms with Crippen molar-refractivity contribution in [2.24, 2.45) is 5.92 Å². The first-order chi connectivity index (χ1) is 10.1. The number of likely N-dealkylation sites (tertiary alicyclic amines) is 1. The third-order valence-corrected chi connectivity index (χ3v) is 5.46. The van der Waals surface area contributed by atoms with Crippen LogP contribution in [0, 0.1) is 5.92 Å². The number of carbonyl (C=O) groups excluding carboxylic acids is 1. The summed E-state index contributed by atoms with van der Waals surface area (Å²) in [5, 5.41) is 0. The van der Waals surface area contributed by atoms with Crippen LogP contribution in [0.2, 0.25) is 0 Å². The predicted octanol–water partition coefficient (Wildman–Crippen LogP) is 1.12. The van der Waals surface area contributed by atoms with E-state index < -0.39 is 0 Å².